The number of nitrogens with zero attached hydrogens (tertiary/aromatic N) is 1. The first-order valence-electron chi connectivity index (χ1n) is 7.45. The number of hydrogen-bond donors (Lipinski definition) is 0. The first-order valence-corrected chi connectivity index (χ1v) is 7.45. The van der Waals surface area contributed by atoms with Crippen LogP contribution in [0.25, 0.3) is 0 Å². The van der Waals surface area contributed by atoms with E-state index in [9.17, 15) is 9.59 Å². The molecule has 0 bridgehead atoms. The van der Waals surface area contributed by atoms with Crippen LogP contribution in [0.15, 0.2) is 12.7 Å². The van der Waals surface area contributed by atoms with Crippen molar-refractivity contribution in [2.75, 3.05) is 0 Å². The van der Waals surface area contributed by atoms with E-state index in [2.05, 4.69) is 13.5 Å². The second kappa shape index (κ2) is 9.56. The maximum Gasteiger partial charge on any atom is 0.417 e. The van der Waals surface area contributed by atoms with Gasteiger partial charge in [-0.25, -0.2) is 9.69 Å². The van der Waals surface area contributed by atoms with Gasteiger partial charge in [-0.05, 0) is 27.2 Å². The van der Waals surface area contributed by atoms with Gasteiger partial charge in [0.25, 0.3) is 0 Å². The molecule has 0 fully saturated rings. The lowest BCUT2D eigenvalue weighted by molar-refractivity contribution is -0.118. The molecule has 0 aromatic heterocycles. The van der Waals surface area contributed by atoms with Crippen LogP contribution in [0.1, 0.15) is 66.2 Å². The molecular formula is C16H29NO3. The highest BCUT2D eigenvalue weighted by molar-refractivity contribution is 5.81. The van der Waals surface area contributed by atoms with Gasteiger partial charge in [0.2, 0.25) is 6.41 Å². The molecule has 0 N–H and O–H groups in total. The minimum absolute atomic E-state index is 0.288. The highest BCUT2D eigenvalue weighted by Crippen LogP contribution is 2.15. The van der Waals surface area contributed by atoms with Crippen LogP contribution in [0, 0.1) is 0 Å². The quantitative estimate of drug-likeness (QED) is 0.360. The summed E-state index contributed by atoms with van der Waals surface area (Å²) < 4.78 is 5.23. The zero-order valence-electron chi connectivity index (χ0n) is 13.4. The van der Waals surface area contributed by atoms with Crippen LogP contribution in [0.4, 0.5) is 4.79 Å². The predicted molar refractivity (Wildman–Crippen MR) is 81.5 cm³/mol. The summed E-state index contributed by atoms with van der Waals surface area (Å²) in [4.78, 5) is 24.2. The molecule has 0 rings (SSSR count). The topological polar surface area (TPSA) is 46.6 Å². The molecule has 0 spiro atoms. The van der Waals surface area contributed by atoms with Gasteiger partial charge in [0, 0.05) is 0 Å². The minimum Gasteiger partial charge on any atom is -0.443 e. The third-order valence-corrected chi connectivity index (χ3v) is 2.95. The van der Waals surface area contributed by atoms with Crippen LogP contribution in [-0.2, 0) is 9.53 Å². The maximum absolute atomic E-state index is 12.0. The average Bonchev–Trinajstić information content (AvgIpc) is 2.35. The monoisotopic (exact) mass is 283 g/mol. The number of amides is 2. The SMILES string of the molecule is C=C[C@@H](CCCCCCC)N(C=O)C(=O)OC(C)(C)C. The summed E-state index contributed by atoms with van der Waals surface area (Å²) in [5.41, 5.74) is -0.606. The van der Waals surface area contributed by atoms with E-state index >= 15 is 0 Å². The summed E-state index contributed by atoms with van der Waals surface area (Å²) in [5.74, 6) is 0. The van der Waals surface area contributed by atoms with E-state index in [1.54, 1.807) is 26.8 Å². The molecule has 2 amide bonds. The molecule has 20 heavy (non-hydrogen) atoms. The van der Waals surface area contributed by atoms with Crippen LogP contribution in [0.3, 0.4) is 0 Å². The fraction of sp³-hybridized carbons (Fsp3) is 0.750. The predicted octanol–water partition coefficient (Wildman–Crippen LogP) is 4.30. The summed E-state index contributed by atoms with van der Waals surface area (Å²) in [7, 11) is 0. The highest BCUT2D eigenvalue weighted by Gasteiger charge is 2.26. The fourth-order valence-electron chi connectivity index (χ4n) is 1.90. The van der Waals surface area contributed by atoms with E-state index in [0.29, 0.717) is 6.41 Å². The summed E-state index contributed by atoms with van der Waals surface area (Å²) in [6.45, 7) is 11.2. The molecule has 0 unspecified atom stereocenters. The van der Waals surface area contributed by atoms with Crippen molar-refractivity contribution in [3.05, 3.63) is 12.7 Å². The van der Waals surface area contributed by atoms with Gasteiger partial charge in [-0.15, -0.1) is 6.58 Å². The van der Waals surface area contributed by atoms with Crippen molar-refractivity contribution in [3.8, 4) is 0 Å². The molecule has 0 saturated carbocycles. The molecule has 0 heterocycles. The Hall–Kier alpha value is -1.32. The van der Waals surface area contributed by atoms with Crippen molar-refractivity contribution >= 4 is 12.5 Å². The number of imide groups is 1. The van der Waals surface area contributed by atoms with Gasteiger partial charge in [-0.2, -0.15) is 0 Å². The van der Waals surface area contributed by atoms with Gasteiger partial charge in [0.1, 0.15) is 5.60 Å². The van der Waals surface area contributed by atoms with Crippen molar-refractivity contribution in [2.24, 2.45) is 0 Å². The second-order valence-electron chi connectivity index (χ2n) is 6.00. The zero-order chi connectivity index (χ0) is 15.6. The van der Waals surface area contributed by atoms with Crippen LogP contribution < -0.4 is 0 Å². The Morgan fingerprint density at radius 1 is 1.25 bits per heavy atom. The molecule has 4 nitrogen and oxygen atoms in total. The molecular weight excluding hydrogens is 254 g/mol. The smallest absolute Gasteiger partial charge is 0.417 e. The Kier molecular flexibility index (Phi) is 8.93. The summed E-state index contributed by atoms with van der Waals surface area (Å²) in [6, 6.07) is -0.288. The summed E-state index contributed by atoms with van der Waals surface area (Å²) in [6.07, 6.45) is 8.00. The number of rotatable bonds is 9. The summed E-state index contributed by atoms with van der Waals surface area (Å²) in [5, 5.41) is 0. The van der Waals surface area contributed by atoms with Crippen molar-refractivity contribution in [1.29, 1.82) is 0 Å². The Balaban J connectivity index is 4.39. The molecule has 4 heteroatoms. The van der Waals surface area contributed by atoms with Gasteiger partial charge in [0.05, 0.1) is 6.04 Å². The number of hydrogen-bond acceptors (Lipinski definition) is 3. The normalized spacial score (nSPS) is 12.6. The third-order valence-electron chi connectivity index (χ3n) is 2.95. The lowest BCUT2D eigenvalue weighted by atomic mass is 10.1. The molecule has 0 aliphatic carbocycles. The minimum atomic E-state index is -0.606. The van der Waals surface area contributed by atoms with E-state index in [4.69, 9.17) is 4.74 Å². The maximum atomic E-state index is 12.0. The van der Waals surface area contributed by atoms with E-state index in [0.717, 1.165) is 24.2 Å². The molecule has 116 valence electrons. The van der Waals surface area contributed by atoms with Gasteiger partial charge in [-0.3, -0.25) is 4.79 Å². The molecule has 0 radical (unpaired) electrons. The van der Waals surface area contributed by atoms with Crippen molar-refractivity contribution in [2.45, 2.75) is 77.9 Å². The van der Waals surface area contributed by atoms with Crippen LogP contribution in [0.2, 0.25) is 0 Å². The molecule has 0 saturated heterocycles. The standard InChI is InChI=1S/C16H29NO3/c1-6-8-9-10-11-12-14(7-2)17(13-18)15(19)20-16(3,4)5/h7,13-14H,2,6,8-12H2,1,3-5H3/t14-/m0/s1. The lowest BCUT2D eigenvalue weighted by Gasteiger charge is -2.27. The van der Waals surface area contributed by atoms with Crippen molar-refractivity contribution in [3.63, 3.8) is 0 Å². The molecule has 1 atom stereocenters. The Morgan fingerprint density at radius 2 is 1.85 bits per heavy atom. The van der Waals surface area contributed by atoms with Crippen LogP contribution in [-0.4, -0.2) is 29.0 Å². The van der Waals surface area contributed by atoms with Gasteiger partial charge in [-0.1, -0.05) is 45.1 Å². The number of carbonyl (C=O) groups is 2. The largest absolute Gasteiger partial charge is 0.443 e. The van der Waals surface area contributed by atoms with E-state index in [1.165, 1.54) is 19.3 Å². The van der Waals surface area contributed by atoms with Gasteiger partial charge < -0.3 is 4.74 Å². The van der Waals surface area contributed by atoms with Crippen LogP contribution >= 0.6 is 0 Å². The van der Waals surface area contributed by atoms with E-state index < -0.39 is 11.7 Å². The first kappa shape index (κ1) is 18.7. The third kappa shape index (κ3) is 7.97. The van der Waals surface area contributed by atoms with Crippen LogP contribution in [0.5, 0.6) is 0 Å². The second-order valence-corrected chi connectivity index (χ2v) is 6.00. The fourth-order valence-corrected chi connectivity index (χ4v) is 1.90. The number of carbonyl (C=O) groups excluding carboxylic acids is 2. The number of unbranched alkanes of at least 4 members (excludes halogenated alkanes) is 4. The lowest BCUT2D eigenvalue weighted by Crippen LogP contribution is -2.41. The Morgan fingerprint density at radius 3 is 2.30 bits per heavy atom. The van der Waals surface area contributed by atoms with E-state index in [-0.39, 0.29) is 6.04 Å². The van der Waals surface area contributed by atoms with E-state index in [1.807, 2.05) is 0 Å². The van der Waals surface area contributed by atoms with Gasteiger partial charge in [0.15, 0.2) is 0 Å². The molecule has 0 aliphatic heterocycles. The molecule has 0 aromatic rings. The Labute approximate surface area is 123 Å². The molecule has 0 aromatic carbocycles. The Bertz CT molecular complexity index is 307. The highest BCUT2D eigenvalue weighted by atomic mass is 16.6. The summed E-state index contributed by atoms with van der Waals surface area (Å²) >= 11 is 0. The average molecular weight is 283 g/mol. The van der Waals surface area contributed by atoms with Crippen molar-refractivity contribution in [1.82, 2.24) is 4.90 Å². The van der Waals surface area contributed by atoms with Crippen molar-refractivity contribution < 1.29 is 14.3 Å². The molecule has 0 aliphatic rings. The number of ether oxygens (including phenoxy) is 1. The van der Waals surface area contributed by atoms with Gasteiger partial charge >= 0.3 is 6.09 Å². The first-order chi connectivity index (χ1) is 9.35. The zero-order valence-corrected chi connectivity index (χ0v) is 13.4.